The molecule has 0 unspecified atom stereocenters. The Morgan fingerprint density at radius 2 is 2.14 bits per heavy atom. The van der Waals surface area contributed by atoms with Gasteiger partial charge in [0, 0.05) is 32.6 Å². The third-order valence-corrected chi connectivity index (χ3v) is 3.52. The number of amides is 2. The highest BCUT2D eigenvalue weighted by atomic mass is 35.5. The minimum absolute atomic E-state index is 0. The van der Waals surface area contributed by atoms with E-state index in [-0.39, 0.29) is 36.6 Å². The van der Waals surface area contributed by atoms with E-state index in [0.29, 0.717) is 32.6 Å². The highest BCUT2D eigenvalue weighted by Crippen LogP contribution is 2.11. The molecule has 1 aromatic carbocycles. The first-order valence-electron chi connectivity index (χ1n) is 7.04. The van der Waals surface area contributed by atoms with E-state index in [9.17, 15) is 14.0 Å². The summed E-state index contributed by atoms with van der Waals surface area (Å²) in [5.41, 5.74) is 0.762. The molecule has 7 heteroatoms. The van der Waals surface area contributed by atoms with Crippen molar-refractivity contribution in [3.63, 3.8) is 0 Å². The first-order chi connectivity index (χ1) is 10.1. The summed E-state index contributed by atoms with van der Waals surface area (Å²) in [5, 5.41) is 2.92. The van der Waals surface area contributed by atoms with Crippen molar-refractivity contribution >= 4 is 24.2 Å². The number of rotatable bonds is 5. The molecule has 22 heavy (non-hydrogen) atoms. The number of benzene rings is 1. The highest BCUT2D eigenvalue weighted by Gasteiger charge is 2.26. The molecule has 0 radical (unpaired) electrons. The van der Waals surface area contributed by atoms with Gasteiger partial charge in [0.05, 0.1) is 6.54 Å². The quantitative estimate of drug-likeness (QED) is 0.878. The maximum absolute atomic E-state index is 13.1. The van der Waals surface area contributed by atoms with Crippen LogP contribution in [-0.4, -0.2) is 54.8 Å². The van der Waals surface area contributed by atoms with Gasteiger partial charge in [-0.05, 0) is 24.7 Å². The van der Waals surface area contributed by atoms with Crippen LogP contribution in [0.5, 0.6) is 0 Å². The molecule has 0 saturated carbocycles. The molecule has 0 atom stereocenters. The Morgan fingerprint density at radius 1 is 1.36 bits per heavy atom. The van der Waals surface area contributed by atoms with Crippen molar-refractivity contribution in [3.8, 4) is 0 Å². The van der Waals surface area contributed by atoms with E-state index in [1.807, 2.05) is 0 Å². The summed E-state index contributed by atoms with van der Waals surface area (Å²) in [6.07, 6.45) is 0.397. The number of piperazine rings is 1. The minimum Gasteiger partial charge on any atom is -0.335 e. The molecular formula is C15H21ClFN3O2. The Balaban J connectivity index is 0.00000242. The predicted molar refractivity (Wildman–Crippen MR) is 84.2 cm³/mol. The molecular weight excluding hydrogens is 309 g/mol. The van der Waals surface area contributed by atoms with E-state index >= 15 is 0 Å². The van der Waals surface area contributed by atoms with Crippen LogP contribution in [0.1, 0.15) is 12.0 Å². The second-order valence-corrected chi connectivity index (χ2v) is 5.11. The van der Waals surface area contributed by atoms with E-state index < -0.39 is 0 Å². The molecule has 1 fully saturated rings. The zero-order valence-electron chi connectivity index (χ0n) is 12.5. The van der Waals surface area contributed by atoms with Crippen LogP contribution in [0.15, 0.2) is 24.3 Å². The number of hydrogen-bond acceptors (Lipinski definition) is 3. The third-order valence-electron chi connectivity index (χ3n) is 3.52. The molecule has 5 nitrogen and oxygen atoms in total. The summed E-state index contributed by atoms with van der Waals surface area (Å²) >= 11 is 0. The van der Waals surface area contributed by atoms with E-state index in [2.05, 4.69) is 5.32 Å². The maximum atomic E-state index is 13.1. The zero-order chi connectivity index (χ0) is 15.2. The lowest BCUT2D eigenvalue weighted by molar-refractivity contribution is -0.145. The number of halogens is 2. The molecule has 1 aromatic rings. The zero-order valence-corrected chi connectivity index (χ0v) is 13.4. The summed E-state index contributed by atoms with van der Waals surface area (Å²) in [5.74, 6) is -0.410. The van der Waals surface area contributed by atoms with Crippen LogP contribution in [0, 0.1) is 5.82 Å². The Labute approximate surface area is 135 Å². The van der Waals surface area contributed by atoms with Crippen LogP contribution < -0.4 is 5.32 Å². The van der Waals surface area contributed by atoms with Gasteiger partial charge < -0.3 is 15.1 Å². The molecule has 1 saturated heterocycles. The molecule has 0 aliphatic carbocycles. The SMILES string of the molecule is CNCCC(=O)N1CCN(Cc2cccc(F)c2)C(=O)C1.Cl. The summed E-state index contributed by atoms with van der Waals surface area (Å²) in [6, 6.07) is 6.23. The molecule has 2 rings (SSSR count). The fourth-order valence-electron chi connectivity index (χ4n) is 2.33. The largest absolute Gasteiger partial charge is 0.335 e. The second-order valence-electron chi connectivity index (χ2n) is 5.11. The standard InChI is InChI=1S/C15H20FN3O2.ClH/c1-17-6-5-14(20)19-8-7-18(15(21)11-19)10-12-3-2-4-13(16)9-12;/h2-4,9,17H,5-8,10-11H2,1H3;1H. The van der Waals surface area contributed by atoms with Gasteiger partial charge in [-0.25, -0.2) is 4.39 Å². The average Bonchev–Trinajstić information content (AvgIpc) is 2.47. The van der Waals surface area contributed by atoms with Gasteiger partial charge in [-0.3, -0.25) is 9.59 Å². The van der Waals surface area contributed by atoms with Gasteiger partial charge in [0.25, 0.3) is 0 Å². The van der Waals surface area contributed by atoms with Gasteiger partial charge in [0.2, 0.25) is 11.8 Å². The number of carbonyl (C=O) groups is 2. The molecule has 0 aromatic heterocycles. The Kier molecular flexibility index (Phi) is 7.27. The normalized spacial score (nSPS) is 14.7. The lowest BCUT2D eigenvalue weighted by Crippen LogP contribution is -2.52. The van der Waals surface area contributed by atoms with Crippen molar-refractivity contribution in [1.29, 1.82) is 0 Å². The number of nitrogens with zero attached hydrogens (tertiary/aromatic N) is 2. The Morgan fingerprint density at radius 3 is 2.77 bits per heavy atom. The summed E-state index contributed by atoms with van der Waals surface area (Å²) < 4.78 is 13.1. The number of carbonyl (C=O) groups excluding carboxylic acids is 2. The number of nitrogens with one attached hydrogen (secondary N) is 1. The monoisotopic (exact) mass is 329 g/mol. The molecule has 122 valence electrons. The van der Waals surface area contributed by atoms with Crippen molar-refractivity contribution < 1.29 is 14.0 Å². The Hall–Kier alpha value is -1.66. The van der Waals surface area contributed by atoms with E-state index in [1.165, 1.54) is 12.1 Å². The molecule has 1 aliphatic rings. The van der Waals surface area contributed by atoms with Gasteiger partial charge >= 0.3 is 0 Å². The Bertz CT molecular complexity index is 527. The third kappa shape index (κ3) is 4.96. The summed E-state index contributed by atoms with van der Waals surface area (Å²) in [4.78, 5) is 27.2. The molecule has 0 bridgehead atoms. The molecule has 2 amide bonds. The summed E-state index contributed by atoms with van der Waals surface area (Å²) in [6.45, 7) is 2.12. The number of hydrogen-bond donors (Lipinski definition) is 1. The van der Waals surface area contributed by atoms with Crippen LogP contribution in [0.2, 0.25) is 0 Å². The fraction of sp³-hybridized carbons (Fsp3) is 0.467. The van der Waals surface area contributed by atoms with E-state index in [0.717, 1.165) is 5.56 Å². The van der Waals surface area contributed by atoms with Gasteiger partial charge in [0.15, 0.2) is 0 Å². The minimum atomic E-state index is -0.305. The van der Waals surface area contributed by atoms with Crippen molar-refractivity contribution in [2.24, 2.45) is 0 Å². The fourth-order valence-corrected chi connectivity index (χ4v) is 2.33. The first kappa shape index (κ1) is 18.4. The van der Waals surface area contributed by atoms with Gasteiger partial charge in [-0.2, -0.15) is 0 Å². The van der Waals surface area contributed by atoms with Crippen molar-refractivity contribution in [2.45, 2.75) is 13.0 Å². The molecule has 1 heterocycles. The second kappa shape index (κ2) is 8.70. The maximum Gasteiger partial charge on any atom is 0.242 e. The lowest BCUT2D eigenvalue weighted by Gasteiger charge is -2.34. The first-order valence-corrected chi connectivity index (χ1v) is 7.04. The van der Waals surface area contributed by atoms with Crippen molar-refractivity contribution in [2.75, 3.05) is 33.2 Å². The molecule has 0 spiro atoms. The smallest absolute Gasteiger partial charge is 0.242 e. The molecule has 1 aliphatic heterocycles. The van der Waals surface area contributed by atoms with E-state index in [1.54, 1.807) is 29.0 Å². The van der Waals surface area contributed by atoms with Crippen LogP contribution in [0.4, 0.5) is 4.39 Å². The van der Waals surface area contributed by atoms with Crippen molar-refractivity contribution in [1.82, 2.24) is 15.1 Å². The van der Waals surface area contributed by atoms with Crippen LogP contribution in [0.3, 0.4) is 0 Å². The van der Waals surface area contributed by atoms with Gasteiger partial charge in [0.1, 0.15) is 5.82 Å². The van der Waals surface area contributed by atoms with Crippen LogP contribution >= 0.6 is 12.4 Å². The summed E-state index contributed by atoms with van der Waals surface area (Å²) in [7, 11) is 1.79. The highest BCUT2D eigenvalue weighted by molar-refractivity contribution is 5.86. The lowest BCUT2D eigenvalue weighted by atomic mass is 10.2. The molecule has 1 N–H and O–H groups in total. The van der Waals surface area contributed by atoms with Crippen molar-refractivity contribution in [3.05, 3.63) is 35.6 Å². The van der Waals surface area contributed by atoms with Crippen LogP contribution in [0.25, 0.3) is 0 Å². The van der Waals surface area contributed by atoms with E-state index in [4.69, 9.17) is 0 Å². The average molecular weight is 330 g/mol. The van der Waals surface area contributed by atoms with Gasteiger partial charge in [-0.1, -0.05) is 12.1 Å². The van der Waals surface area contributed by atoms with Crippen LogP contribution in [-0.2, 0) is 16.1 Å². The predicted octanol–water partition coefficient (Wildman–Crippen LogP) is 1.03. The van der Waals surface area contributed by atoms with Gasteiger partial charge in [-0.15, -0.1) is 12.4 Å². The topological polar surface area (TPSA) is 52.7 Å².